The Morgan fingerprint density at radius 3 is 2.67 bits per heavy atom. The molecule has 126 valence electrons. The van der Waals surface area contributed by atoms with E-state index >= 15 is 0 Å². The molecule has 1 aliphatic rings. The molecule has 1 fully saturated rings. The van der Waals surface area contributed by atoms with Crippen molar-refractivity contribution >= 4 is 17.5 Å². The number of hydrogen-bond donors (Lipinski definition) is 2. The second-order valence-electron chi connectivity index (χ2n) is 5.82. The summed E-state index contributed by atoms with van der Waals surface area (Å²) < 4.78 is 0. The van der Waals surface area contributed by atoms with Gasteiger partial charge in [-0.3, -0.25) is 14.7 Å². The lowest BCUT2D eigenvalue weighted by atomic mass is 10.1. The van der Waals surface area contributed by atoms with Gasteiger partial charge in [0.05, 0.1) is 5.56 Å². The van der Waals surface area contributed by atoms with Crippen LogP contribution in [0.25, 0.3) is 11.1 Å². The van der Waals surface area contributed by atoms with E-state index in [9.17, 15) is 4.79 Å². The van der Waals surface area contributed by atoms with E-state index in [0.29, 0.717) is 17.1 Å². The molecule has 1 aliphatic heterocycles. The van der Waals surface area contributed by atoms with Crippen molar-refractivity contribution in [2.45, 2.75) is 0 Å². The number of benzene rings is 1. The molecule has 0 bridgehead atoms. The molecular formula is C18H21ClN4O. The van der Waals surface area contributed by atoms with Gasteiger partial charge in [-0.2, -0.15) is 0 Å². The summed E-state index contributed by atoms with van der Waals surface area (Å²) in [5, 5.41) is 6.98. The highest BCUT2D eigenvalue weighted by Gasteiger charge is 2.11. The van der Waals surface area contributed by atoms with Crippen LogP contribution in [0.5, 0.6) is 0 Å². The number of nitrogens with one attached hydrogen (secondary N) is 2. The van der Waals surface area contributed by atoms with Crippen LogP contribution in [0.4, 0.5) is 0 Å². The maximum Gasteiger partial charge on any atom is 0.252 e. The van der Waals surface area contributed by atoms with E-state index < -0.39 is 0 Å². The normalized spacial score (nSPS) is 15.2. The minimum absolute atomic E-state index is 0.0894. The van der Waals surface area contributed by atoms with Crippen LogP contribution in [0.1, 0.15) is 10.4 Å². The molecule has 24 heavy (non-hydrogen) atoms. The average Bonchev–Trinajstić information content (AvgIpc) is 2.63. The standard InChI is InChI=1S/C18H21ClN4O/c19-17-3-1-14(2-4-17)15-11-16(13-21-12-15)18(24)22-7-10-23-8-5-20-6-9-23/h1-4,11-13,20H,5-10H2,(H,22,24). The summed E-state index contributed by atoms with van der Waals surface area (Å²) in [5.74, 6) is -0.0894. The predicted octanol–water partition coefficient (Wildman–Crippen LogP) is 2.04. The zero-order valence-electron chi connectivity index (χ0n) is 13.5. The van der Waals surface area contributed by atoms with E-state index in [1.807, 2.05) is 30.3 Å². The first-order valence-corrected chi connectivity index (χ1v) is 8.52. The molecule has 0 atom stereocenters. The van der Waals surface area contributed by atoms with Crippen LogP contribution >= 0.6 is 11.6 Å². The fourth-order valence-corrected chi connectivity index (χ4v) is 2.85. The highest BCUT2D eigenvalue weighted by atomic mass is 35.5. The summed E-state index contributed by atoms with van der Waals surface area (Å²) in [6, 6.07) is 9.36. The molecule has 1 amide bonds. The monoisotopic (exact) mass is 344 g/mol. The molecule has 1 aromatic carbocycles. The van der Waals surface area contributed by atoms with Crippen molar-refractivity contribution in [3.8, 4) is 11.1 Å². The molecule has 3 rings (SSSR count). The van der Waals surface area contributed by atoms with Crippen molar-refractivity contribution in [2.75, 3.05) is 39.3 Å². The maximum atomic E-state index is 12.3. The van der Waals surface area contributed by atoms with Crippen molar-refractivity contribution in [3.05, 3.63) is 53.3 Å². The van der Waals surface area contributed by atoms with E-state index in [1.54, 1.807) is 12.4 Å². The first-order valence-electron chi connectivity index (χ1n) is 8.14. The van der Waals surface area contributed by atoms with E-state index in [4.69, 9.17) is 11.6 Å². The second kappa shape index (κ2) is 8.24. The highest BCUT2D eigenvalue weighted by molar-refractivity contribution is 6.30. The van der Waals surface area contributed by atoms with Gasteiger partial charge in [-0.05, 0) is 23.8 Å². The Morgan fingerprint density at radius 2 is 1.92 bits per heavy atom. The Balaban J connectivity index is 1.58. The molecule has 2 heterocycles. The fraction of sp³-hybridized carbons (Fsp3) is 0.333. The smallest absolute Gasteiger partial charge is 0.252 e. The number of carbonyl (C=O) groups is 1. The number of halogens is 1. The summed E-state index contributed by atoms with van der Waals surface area (Å²) in [7, 11) is 0. The van der Waals surface area contributed by atoms with Crippen LogP contribution in [0, 0.1) is 0 Å². The topological polar surface area (TPSA) is 57.3 Å². The van der Waals surface area contributed by atoms with Crippen LogP contribution in [0.2, 0.25) is 5.02 Å². The predicted molar refractivity (Wildman–Crippen MR) is 96.3 cm³/mol. The SMILES string of the molecule is O=C(NCCN1CCNCC1)c1cncc(-c2ccc(Cl)cc2)c1. The Hall–Kier alpha value is -1.95. The minimum atomic E-state index is -0.0894. The van der Waals surface area contributed by atoms with E-state index in [2.05, 4.69) is 20.5 Å². The van der Waals surface area contributed by atoms with Crippen molar-refractivity contribution in [1.82, 2.24) is 20.5 Å². The molecule has 0 radical (unpaired) electrons. The third-order valence-electron chi connectivity index (χ3n) is 4.10. The van der Waals surface area contributed by atoms with Crippen LogP contribution in [-0.4, -0.2) is 55.1 Å². The summed E-state index contributed by atoms with van der Waals surface area (Å²) in [6.45, 7) is 5.61. The summed E-state index contributed by atoms with van der Waals surface area (Å²) in [5.41, 5.74) is 2.46. The van der Waals surface area contributed by atoms with Gasteiger partial charge in [-0.25, -0.2) is 0 Å². The van der Waals surface area contributed by atoms with Crippen molar-refractivity contribution in [3.63, 3.8) is 0 Å². The summed E-state index contributed by atoms with van der Waals surface area (Å²) in [6.07, 6.45) is 3.35. The Bertz CT molecular complexity index is 684. The van der Waals surface area contributed by atoms with Gasteiger partial charge < -0.3 is 10.6 Å². The molecular weight excluding hydrogens is 324 g/mol. The van der Waals surface area contributed by atoms with Gasteiger partial charge in [-0.15, -0.1) is 0 Å². The van der Waals surface area contributed by atoms with Crippen LogP contribution in [-0.2, 0) is 0 Å². The lowest BCUT2D eigenvalue weighted by molar-refractivity contribution is 0.0947. The number of carbonyl (C=O) groups excluding carboxylic acids is 1. The largest absolute Gasteiger partial charge is 0.351 e. The zero-order chi connectivity index (χ0) is 16.8. The molecule has 0 saturated carbocycles. The third kappa shape index (κ3) is 4.54. The molecule has 0 aliphatic carbocycles. The van der Waals surface area contributed by atoms with Crippen molar-refractivity contribution in [2.24, 2.45) is 0 Å². The molecule has 5 nitrogen and oxygen atoms in total. The third-order valence-corrected chi connectivity index (χ3v) is 4.35. The van der Waals surface area contributed by atoms with Gasteiger partial charge >= 0.3 is 0 Å². The molecule has 0 unspecified atom stereocenters. The fourth-order valence-electron chi connectivity index (χ4n) is 2.73. The number of nitrogens with zero attached hydrogens (tertiary/aromatic N) is 2. The zero-order valence-corrected chi connectivity index (χ0v) is 14.2. The number of aromatic nitrogens is 1. The quantitative estimate of drug-likeness (QED) is 0.871. The van der Waals surface area contributed by atoms with Gasteiger partial charge in [0.15, 0.2) is 0 Å². The number of hydrogen-bond acceptors (Lipinski definition) is 4. The Morgan fingerprint density at radius 1 is 1.17 bits per heavy atom. The van der Waals surface area contributed by atoms with Crippen molar-refractivity contribution < 1.29 is 4.79 Å². The first-order chi connectivity index (χ1) is 11.7. The Kier molecular flexibility index (Phi) is 5.80. The maximum absolute atomic E-state index is 12.3. The summed E-state index contributed by atoms with van der Waals surface area (Å²) in [4.78, 5) is 18.9. The Labute approximate surface area is 147 Å². The van der Waals surface area contributed by atoms with Gasteiger partial charge in [0.1, 0.15) is 0 Å². The number of piperazine rings is 1. The molecule has 1 aromatic heterocycles. The average molecular weight is 345 g/mol. The molecule has 2 aromatic rings. The van der Waals surface area contributed by atoms with E-state index in [-0.39, 0.29) is 5.91 Å². The molecule has 0 spiro atoms. The van der Waals surface area contributed by atoms with Gasteiger partial charge in [0.25, 0.3) is 5.91 Å². The van der Waals surface area contributed by atoms with E-state index in [1.165, 1.54) is 0 Å². The lowest BCUT2D eigenvalue weighted by Gasteiger charge is -2.27. The van der Waals surface area contributed by atoms with Crippen LogP contribution in [0.15, 0.2) is 42.7 Å². The number of pyridine rings is 1. The second-order valence-corrected chi connectivity index (χ2v) is 6.25. The number of amides is 1. The number of rotatable bonds is 5. The van der Waals surface area contributed by atoms with Gasteiger partial charge in [0, 0.05) is 62.2 Å². The van der Waals surface area contributed by atoms with Gasteiger partial charge in [-0.1, -0.05) is 23.7 Å². The molecule has 6 heteroatoms. The lowest BCUT2D eigenvalue weighted by Crippen LogP contribution is -2.46. The molecule has 2 N–H and O–H groups in total. The van der Waals surface area contributed by atoms with E-state index in [0.717, 1.165) is 43.9 Å². The van der Waals surface area contributed by atoms with Crippen LogP contribution < -0.4 is 10.6 Å². The first kappa shape index (κ1) is 16.9. The highest BCUT2D eigenvalue weighted by Crippen LogP contribution is 2.21. The van der Waals surface area contributed by atoms with Crippen LogP contribution in [0.3, 0.4) is 0 Å². The molecule has 1 saturated heterocycles. The van der Waals surface area contributed by atoms with Gasteiger partial charge in [0.2, 0.25) is 0 Å². The van der Waals surface area contributed by atoms with Crippen molar-refractivity contribution in [1.29, 1.82) is 0 Å². The summed E-state index contributed by atoms with van der Waals surface area (Å²) >= 11 is 5.91. The minimum Gasteiger partial charge on any atom is -0.351 e.